The minimum absolute atomic E-state index is 0.339. The summed E-state index contributed by atoms with van der Waals surface area (Å²) in [6, 6.07) is -0.564. The largest absolute Gasteiger partial charge is 0.368 e. The third-order valence-electron chi connectivity index (χ3n) is 1.05. The monoisotopic (exact) mass is 196 g/mol. The van der Waals surface area contributed by atoms with Crippen molar-refractivity contribution >= 4 is 34.3 Å². The number of halogens is 2. The third-order valence-corrected chi connectivity index (χ3v) is 1.52. The van der Waals surface area contributed by atoms with Gasteiger partial charge in [-0.1, -0.05) is 11.6 Å². The van der Waals surface area contributed by atoms with Crippen LogP contribution in [0.1, 0.15) is 13.3 Å². The molecule has 3 nitrogen and oxygen atoms in total. The van der Waals surface area contributed by atoms with Crippen LogP contribution in [0.3, 0.4) is 0 Å². The molecule has 0 bridgehead atoms. The van der Waals surface area contributed by atoms with Crippen molar-refractivity contribution in [2.75, 3.05) is 5.88 Å². The topological polar surface area (TPSA) is 55.4 Å². The first-order valence-corrected chi connectivity index (χ1v) is 4.06. The number of rotatable bonds is 4. The summed E-state index contributed by atoms with van der Waals surface area (Å²) in [4.78, 5) is 14.3. The number of nitrogens with zero attached hydrogens (tertiary/aromatic N) is 1. The summed E-state index contributed by atoms with van der Waals surface area (Å²) < 4.78 is 0. The Morgan fingerprint density at radius 1 is 1.73 bits per heavy atom. The highest BCUT2D eigenvalue weighted by atomic mass is 35.5. The maximum Gasteiger partial charge on any atom is 0.241 e. The van der Waals surface area contributed by atoms with E-state index in [1.807, 2.05) is 0 Å². The second-order valence-corrected chi connectivity index (χ2v) is 2.84. The second-order valence-electron chi connectivity index (χ2n) is 2.02. The Labute approximate surface area is 75.6 Å². The number of nitrogens with two attached hydrogens (primary N) is 1. The first kappa shape index (κ1) is 10.7. The highest BCUT2D eigenvalue weighted by Gasteiger charge is 2.06. The molecular formula is C6H10Cl2N2O. The molecule has 0 aromatic rings. The summed E-state index contributed by atoms with van der Waals surface area (Å²) in [5, 5.41) is 0.339. The van der Waals surface area contributed by atoms with Gasteiger partial charge in [-0.05, 0) is 6.92 Å². The van der Waals surface area contributed by atoms with Crippen LogP contribution < -0.4 is 5.73 Å². The maximum absolute atomic E-state index is 10.5. The third kappa shape index (κ3) is 5.04. The zero-order chi connectivity index (χ0) is 8.85. The molecule has 0 saturated carbocycles. The lowest BCUT2D eigenvalue weighted by molar-refractivity contribution is -0.118. The molecule has 0 aliphatic heterocycles. The Hall–Kier alpha value is -0.280. The van der Waals surface area contributed by atoms with Gasteiger partial charge < -0.3 is 5.73 Å². The Morgan fingerprint density at radius 3 is 2.64 bits per heavy atom. The van der Waals surface area contributed by atoms with Crippen molar-refractivity contribution < 1.29 is 4.79 Å². The Bertz CT molecular complexity index is 170. The van der Waals surface area contributed by atoms with Crippen LogP contribution in [0.4, 0.5) is 0 Å². The van der Waals surface area contributed by atoms with Gasteiger partial charge in [-0.25, -0.2) is 0 Å². The van der Waals surface area contributed by atoms with Crippen molar-refractivity contribution in [1.29, 1.82) is 0 Å². The average molecular weight is 197 g/mol. The number of carbonyl (C=O) groups excluding carboxylic acids is 1. The molecule has 0 radical (unpaired) electrons. The normalized spacial score (nSPS) is 14.6. The molecule has 1 amide bonds. The molecule has 0 saturated heterocycles. The molecule has 0 aliphatic rings. The summed E-state index contributed by atoms with van der Waals surface area (Å²) in [5.74, 6) is -0.0916. The van der Waals surface area contributed by atoms with Gasteiger partial charge in [0.1, 0.15) is 11.2 Å². The van der Waals surface area contributed by atoms with Gasteiger partial charge in [-0.3, -0.25) is 9.79 Å². The van der Waals surface area contributed by atoms with Crippen molar-refractivity contribution in [3.8, 4) is 0 Å². The van der Waals surface area contributed by atoms with E-state index < -0.39 is 11.9 Å². The fraction of sp³-hybridized carbons (Fsp3) is 0.667. The zero-order valence-corrected chi connectivity index (χ0v) is 7.69. The van der Waals surface area contributed by atoms with Crippen LogP contribution in [0, 0.1) is 0 Å². The van der Waals surface area contributed by atoms with Crippen LogP contribution >= 0.6 is 23.2 Å². The lowest BCUT2D eigenvalue weighted by Crippen LogP contribution is -2.24. The fourth-order valence-electron chi connectivity index (χ4n) is 0.416. The summed E-state index contributed by atoms with van der Waals surface area (Å²) in [6.07, 6.45) is 0.473. The van der Waals surface area contributed by atoms with Gasteiger partial charge in [0.15, 0.2) is 0 Å². The Kier molecular flexibility index (Phi) is 5.24. The van der Waals surface area contributed by atoms with Crippen molar-refractivity contribution in [3.63, 3.8) is 0 Å². The van der Waals surface area contributed by atoms with Gasteiger partial charge in [-0.2, -0.15) is 0 Å². The van der Waals surface area contributed by atoms with Crippen molar-refractivity contribution in [3.05, 3.63) is 0 Å². The van der Waals surface area contributed by atoms with Crippen LogP contribution in [0.15, 0.2) is 4.99 Å². The van der Waals surface area contributed by atoms with E-state index in [1.165, 1.54) is 0 Å². The van der Waals surface area contributed by atoms with E-state index >= 15 is 0 Å². The Morgan fingerprint density at radius 2 is 2.27 bits per heavy atom. The number of carbonyl (C=O) groups is 1. The van der Waals surface area contributed by atoms with Crippen LogP contribution in [-0.2, 0) is 4.79 Å². The van der Waals surface area contributed by atoms with Gasteiger partial charge in [0.25, 0.3) is 0 Å². The molecule has 0 heterocycles. The quantitative estimate of drug-likeness (QED) is 0.532. The number of hydrogen-bond acceptors (Lipinski definition) is 2. The predicted octanol–water partition coefficient (Wildman–Crippen LogP) is 1.13. The van der Waals surface area contributed by atoms with E-state index in [9.17, 15) is 4.79 Å². The lowest BCUT2D eigenvalue weighted by Gasteiger charge is -2.00. The molecule has 0 aliphatic carbocycles. The lowest BCUT2D eigenvalue weighted by atomic mass is 10.3. The highest BCUT2D eigenvalue weighted by Crippen LogP contribution is 1.99. The van der Waals surface area contributed by atoms with Gasteiger partial charge in [0.05, 0.1) is 0 Å². The molecule has 0 aromatic carbocycles. The zero-order valence-electron chi connectivity index (χ0n) is 6.18. The summed E-state index contributed by atoms with van der Waals surface area (Å²) in [5.41, 5.74) is 4.94. The van der Waals surface area contributed by atoms with Crippen LogP contribution in [0.5, 0.6) is 0 Å². The average Bonchev–Trinajstić information content (AvgIpc) is 1.87. The molecule has 1 atom stereocenters. The van der Waals surface area contributed by atoms with Crippen molar-refractivity contribution in [1.82, 2.24) is 0 Å². The molecule has 64 valence electrons. The number of primary amides is 1. The van der Waals surface area contributed by atoms with Crippen LogP contribution in [0.25, 0.3) is 0 Å². The minimum atomic E-state index is -0.564. The molecule has 0 spiro atoms. The summed E-state index contributed by atoms with van der Waals surface area (Å²) >= 11 is 11.0. The van der Waals surface area contributed by atoms with Crippen molar-refractivity contribution in [2.24, 2.45) is 10.7 Å². The van der Waals surface area contributed by atoms with E-state index in [-0.39, 0.29) is 0 Å². The van der Waals surface area contributed by atoms with Gasteiger partial charge >= 0.3 is 0 Å². The van der Waals surface area contributed by atoms with E-state index in [4.69, 9.17) is 28.9 Å². The standard InChI is InChI=1S/C6H10Cl2N2O/c1-4(6(9)11)10-5(8)2-3-7/h4H,2-3H2,1H3,(H2,9,11). The number of hydrogen-bond donors (Lipinski definition) is 1. The smallest absolute Gasteiger partial charge is 0.241 e. The molecule has 11 heavy (non-hydrogen) atoms. The highest BCUT2D eigenvalue weighted by molar-refractivity contribution is 6.65. The van der Waals surface area contributed by atoms with Crippen LogP contribution in [0.2, 0.25) is 0 Å². The first-order chi connectivity index (χ1) is 5.07. The van der Waals surface area contributed by atoms with Crippen LogP contribution in [-0.4, -0.2) is 23.0 Å². The summed E-state index contributed by atoms with van der Waals surface area (Å²) in [6.45, 7) is 1.58. The molecule has 0 rings (SSSR count). The molecule has 0 aromatic heterocycles. The Balaban J connectivity index is 3.96. The maximum atomic E-state index is 10.5. The van der Waals surface area contributed by atoms with E-state index in [0.717, 1.165) is 0 Å². The van der Waals surface area contributed by atoms with Gasteiger partial charge in [-0.15, -0.1) is 11.6 Å². The van der Waals surface area contributed by atoms with Crippen molar-refractivity contribution in [2.45, 2.75) is 19.4 Å². The summed E-state index contributed by atoms with van der Waals surface area (Å²) in [7, 11) is 0. The minimum Gasteiger partial charge on any atom is -0.368 e. The van der Waals surface area contributed by atoms with E-state index in [1.54, 1.807) is 6.92 Å². The molecular weight excluding hydrogens is 187 g/mol. The molecule has 1 unspecified atom stereocenters. The second kappa shape index (κ2) is 5.38. The first-order valence-electron chi connectivity index (χ1n) is 3.15. The predicted molar refractivity (Wildman–Crippen MR) is 47.3 cm³/mol. The van der Waals surface area contributed by atoms with Gasteiger partial charge in [0, 0.05) is 12.3 Å². The number of amides is 1. The van der Waals surface area contributed by atoms with Gasteiger partial charge in [0.2, 0.25) is 5.91 Å². The number of alkyl halides is 1. The number of aliphatic imine (C=N–C) groups is 1. The van der Waals surface area contributed by atoms with E-state index in [2.05, 4.69) is 4.99 Å². The van der Waals surface area contributed by atoms with E-state index in [0.29, 0.717) is 17.5 Å². The molecule has 5 heteroatoms. The SMILES string of the molecule is CC(N=C(Cl)CCCl)C(N)=O. The fourth-order valence-corrected chi connectivity index (χ4v) is 0.933. The molecule has 2 N–H and O–H groups in total. The molecule has 0 fully saturated rings.